The van der Waals surface area contributed by atoms with Crippen molar-refractivity contribution in [1.82, 2.24) is 14.7 Å². The Morgan fingerprint density at radius 2 is 1.79 bits per heavy atom. The fraction of sp³-hybridized carbons (Fsp3) is 0.524. The van der Waals surface area contributed by atoms with Crippen LogP contribution in [0.1, 0.15) is 40.0 Å². The number of carbonyl (C=O) groups is 1. The lowest BCUT2D eigenvalue weighted by Crippen LogP contribution is -2.41. The molecule has 0 spiro atoms. The molecule has 7 heteroatoms. The van der Waals surface area contributed by atoms with E-state index < -0.39 is 0 Å². The third-order valence-corrected chi connectivity index (χ3v) is 5.98. The van der Waals surface area contributed by atoms with Crippen LogP contribution in [-0.4, -0.2) is 53.2 Å². The van der Waals surface area contributed by atoms with E-state index in [-0.39, 0.29) is 12.2 Å². The van der Waals surface area contributed by atoms with E-state index >= 15 is 0 Å². The van der Waals surface area contributed by atoms with Crippen molar-refractivity contribution in [3.05, 3.63) is 51.8 Å². The van der Waals surface area contributed by atoms with Crippen LogP contribution in [0.3, 0.4) is 0 Å². The van der Waals surface area contributed by atoms with Crippen LogP contribution >= 0.6 is 11.6 Å². The van der Waals surface area contributed by atoms with Crippen LogP contribution in [0.4, 0.5) is 0 Å². The summed E-state index contributed by atoms with van der Waals surface area (Å²) in [6.07, 6.45) is 1.65. The molecule has 6 nitrogen and oxygen atoms in total. The number of benzene rings is 1. The Morgan fingerprint density at radius 3 is 2.43 bits per heavy atom. The standard InChI is InChI=1S/C21H26ClN3O3/c1-14-3-5-16(6-4-14)13-25-19(22)18(15(2)23-25)20(26)24-9-7-17(8-10-24)21-27-11-12-28-21/h3-6,17,21H,7-13H2,1-2H3. The van der Waals surface area contributed by atoms with E-state index in [1.165, 1.54) is 5.56 Å². The summed E-state index contributed by atoms with van der Waals surface area (Å²) in [5.41, 5.74) is 3.50. The zero-order valence-electron chi connectivity index (χ0n) is 16.4. The Labute approximate surface area is 170 Å². The number of aromatic nitrogens is 2. The van der Waals surface area contributed by atoms with Crippen LogP contribution in [0.2, 0.25) is 5.15 Å². The lowest BCUT2D eigenvalue weighted by molar-refractivity contribution is -0.0956. The molecule has 1 aromatic carbocycles. The molecule has 2 aromatic rings. The van der Waals surface area contributed by atoms with Gasteiger partial charge in [0.15, 0.2) is 6.29 Å². The van der Waals surface area contributed by atoms with Gasteiger partial charge in [0.25, 0.3) is 5.91 Å². The van der Waals surface area contributed by atoms with Gasteiger partial charge in [0.05, 0.1) is 31.0 Å². The van der Waals surface area contributed by atoms with Crippen LogP contribution in [0.15, 0.2) is 24.3 Å². The summed E-state index contributed by atoms with van der Waals surface area (Å²) in [5.74, 6) is 0.316. The van der Waals surface area contributed by atoms with Crippen molar-refractivity contribution in [2.24, 2.45) is 5.92 Å². The first kappa shape index (κ1) is 19.4. The maximum absolute atomic E-state index is 13.1. The first-order valence-electron chi connectivity index (χ1n) is 9.84. The number of rotatable bonds is 4. The second-order valence-electron chi connectivity index (χ2n) is 7.63. The number of piperidine rings is 1. The highest BCUT2D eigenvalue weighted by atomic mass is 35.5. The van der Waals surface area contributed by atoms with E-state index in [2.05, 4.69) is 36.3 Å². The van der Waals surface area contributed by atoms with E-state index in [9.17, 15) is 4.79 Å². The van der Waals surface area contributed by atoms with Gasteiger partial charge in [-0.3, -0.25) is 4.79 Å². The molecule has 0 atom stereocenters. The third kappa shape index (κ3) is 3.95. The number of carbonyl (C=O) groups excluding carboxylic acids is 1. The maximum atomic E-state index is 13.1. The topological polar surface area (TPSA) is 56.6 Å². The van der Waals surface area contributed by atoms with Crippen molar-refractivity contribution in [3.63, 3.8) is 0 Å². The van der Waals surface area contributed by atoms with E-state index in [1.54, 1.807) is 4.68 Å². The highest BCUT2D eigenvalue weighted by Gasteiger charge is 2.33. The number of nitrogens with zero attached hydrogens (tertiary/aromatic N) is 3. The van der Waals surface area contributed by atoms with Gasteiger partial charge in [-0.25, -0.2) is 4.68 Å². The highest BCUT2D eigenvalue weighted by molar-refractivity contribution is 6.33. The zero-order chi connectivity index (χ0) is 19.7. The van der Waals surface area contributed by atoms with Gasteiger partial charge in [0.1, 0.15) is 5.15 Å². The van der Waals surface area contributed by atoms with Gasteiger partial charge in [0.2, 0.25) is 0 Å². The van der Waals surface area contributed by atoms with Gasteiger partial charge in [-0.2, -0.15) is 5.10 Å². The number of hydrogen-bond acceptors (Lipinski definition) is 4. The Bertz CT molecular complexity index is 835. The minimum Gasteiger partial charge on any atom is -0.350 e. The molecule has 0 aliphatic carbocycles. The average molecular weight is 404 g/mol. The molecule has 0 saturated carbocycles. The summed E-state index contributed by atoms with van der Waals surface area (Å²) in [7, 11) is 0. The monoisotopic (exact) mass is 403 g/mol. The van der Waals surface area contributed by atoms with E-state index in [4.69, 9.17) is 21.1 Å². The lowest BCUT2D eigenvalue weighted by Gasteiger charge is -2.33. The second-order valence-corrected chi connectivity index (χ2v) is 7.99. The Morgan fingerprint density at radius 1 is 1.14 bits per heavy atom. The average Bonchev–Trinajstić information content (AvgIpc) is 3.32. The number of hydrogen-bond donors (Lipinski definition) is 0. The third-order valence-electron chi connectivity index (χ3n) is 5.59. The quantitative estimate of drug-likeness (QED) is 0.784. The summed E-state index contributed by atoms with van der Waals surface area (Å²) < 4.78 is 12.9. The fourth-order valence-corrected chi connectivity index (χ4v) is 4.26. The Kier molecular flexibility index (Phi) is 5.71. The van der Waals surface area contributed by atoms with Gasteiger partial charge in [-0.15, -0.1) is 0 Å². The van der Waals surface area contributed by atoms with Crippen LogP contribution in [0.5, 0.6) is 0 Å². The number of ether oxygens (including phenoxy) is 2. The molecule has 2 fully saturated rings. The molecule has 3 heterocycles. The van der Waals surface area contributed by atoms with Gasteiger partial charge < -0.3 is 14.4 Å². The minimum absolute atomic E-state index is 0.0376. The van der Waals surface area contributed by atoms with Gasteiger partial charge in [0, 0.05) is 19.0 Å². The van der Waals surface area contributed by atoms with Crippen LogP contribution in [0, 0.1) is 19.8 Å². The molecule has 0 N–H and O–H groups in total. The van der Waals surface area contributed by atoms with Crippen LogP contribution < -0.4 is 0 Å². The predicted molar refractivity (Wildman–Crippen MR) is 107 cm³/mol. The molecule has 0 unspecified atom stereocenters. The first-order chi connectivity index (χ1) is 13.5. The van der Waals surface area contributed by atoms with E-state index in [0.717, 1.165) is 18.4 Å². The Balaban J connectivity index is 1.44. The van der Waals surface area contributed by atoms with Gasteiger partial charge in [-0.05, 0) is 32.3 Å². The number of aryl methyl sites for hydroxylation is 2. The SMILES string of the molecule is Cc1ccc(Cn2nc(C)c(C(=O)N3CCC(C4OCCO4)CC3)c2Cl)cc1. The number of amides is 1. The molecule has 28 heavy (non-hydrogen) atoms. The van der Waals surface area contributed by atoms with E-state index in [0.29, 0.717) is 55.2 Å². The molecule has 150 valence electrons. The molecule has 0 bridgehead atoms. The second kappa shape index (κ2) is 8.23. The van der Waals surface area contributed by atoms with Crippen molar-refractivity contribution < 1.29 is 14.3 Å². The smallest absolute Gasteiger partial charge is 0.258 e. The summed E-state index contributed by atoms with van der Waals surface area (Å²) in [4.78, 5) is 15.0. The molecule has 1 amide bonds. The summed E-state index contributed by atoms with van der Waals surface area (Å²) in [5, 5.41) is 4.93. The molecular weight excluding hydrogens is 378 g/mol. The molecule has 4 rings (SSSR count). The molecular formula is C21H26ClN3O3. The highest BCUT2D eigenvalue weighted by Crippen LogP contribution is 2.29. The van der Waals surface area contributed by atoms with Crippen molar-refractivity contribution in [3.8, 4) is 0 Å². The lowest BCUT2D eigenvalue weighted by atomic mass is 9.95. The molecule has 1 aromatic heterocycles. The Hall–Kier alpha value is -1.89. The normalized spacial score (nSPS) is 18.8. The number of halogens is 1. The number of likely N-dealkylation sites (tertiary alicyclic amines) is 1. The molecule has 2 aliphatic heterocycles. The minimum atomic E-state index is -0.111. The largest absolute Gasteiger partial charge is 0.350 e. The van der Waals surface area contributed by atoms with Crippen molar-refractivity contribution in [2.45, 2.75) is 39.5 Å². The first-order valence-corrected chi connectivity index (χ1v) is 10.2. The zero-order valence-corrected chi connectivity index (χ0v) is 17.1. The molecule has 0 radical (unpaired) electrons. The molecule has 2 aliphatic rings. The predicted octanol–water partition coefficient (Wildman–Crippen LogP) is 3.43. The fourth-order valence-electron chi connectivity index (χ4n) is 3.95. The van der Waals surface area contributed by atoms with Crippen molar-refractivity contribution in [2.75, 3.05) is 26.3 Å². The van der Waals surface area contributed by atoms with Gasteiger partial charge in [-0.1, -0.05) is 41.4 Å². The van der Waals surface area contributed by atoms with Gasteiger partial charge >= 0.3 is 0 Å². The van der Waals surface area contributed by atoms with Crippen LogP contribution in [-0.2, 0) is 16.0 Å². The molecule has 2 saturated heterocycles. The van der Waals surface area contributed by atoms with Crippen molar-refractivity contribution in [1.29, 1.82) is 0 Å². The summed E-state index contributed by atoms with van der Waals surface area (Å²) in [6.45, 7) is 7.15. The van der Waals surface area contributed by atoms with Crippen LogP contribution in [0.25, 0.3) is 0 Å². The summed E-state index contributed by atoms with van der Waals surface area (Å²) >= 11 is 6.57. The van der Waals surface area contributed by atoms with E-state index in [1.807, 2.05) is 11.8 Å². The van der Waals surface area contributed by atoms with Crippen molar-refractivity contribution >= 4 is 17.5 Å². The summed E-state index contributed by atoms with van der Waals surface area (Å²) in [6, 6.07) is 8.24. The maximum Gasteiger partial charge on any atom is 0.258 e.